The van der Waals surface area contributed by atoms with Gasteiger partial charge in [0.2, 0.25) is 10.0 Å². The van der Waals surface area contributed by atoms with Crippen LogP contribution >= 0.6 is 12.2 Å². The highest BCUT2D eigenvalue weighted by molar-refractivity contribution is 7.89. The first kappa shape index (κ1) is 18.3. The maximum absolute atomic E-state index is 13.0. The molecule has 0 N–H and O–H groups in total. The highest BCUT2D eigenvalue weighted by Crippen LogP contribution is 2.22. The van der Waals surface area contributed by atoms with Gasteiger partial charge in [0.05, 0.1) is 11.6 Å². The number of aryl methyl sites for hydroxylation is 3. The number of imidazole rings is 1. The van der Waals surface area contributed by atoms with Crippen LogP contribution in [0.3, 0.4) is 0 Å². The van der Waals surface area contributed by atoms with E-state index < -0.39 is 10.0 Å². The van der Waals surface area contributed by atoms with Gasteiger partial charge in [0.15, 0.2) is 4.77 Å². The molecular weight excluding hydrogens is 356 g/mol. The Bertz CT molecular complexity index is 922. The van der Waals surface area contributed by atoms with E-state index in [2.05, 4.69) is 4.90 Å². The van der Waals surface area contributed by atoms with Crippen LogP contribution in [0.1, 0.15) is 11.1 Å². The molecule has 1 saturated heterocycles. The molecule has 136 valence electrons. The molecule has 3 rings (SSSR count). The van der Waals surface area contributed by atoms with Gasteiger partial charge in [0, 0.05) is 45.6 Å². The standard InChI is InChI=1S/C17H24N4O2S2/c1-14-4-5-15(2)16(12-14)25(22,23)21-10-7-19(8-11-21)13-20-9-6-18(3)17(20)24/h4-6,9,12H,7-8,10-11,13H2,1-3H3. The molecule has 0 bridgehead atoms. The molecule has 0 unspecified atom stereocenters. The molecule has 0 radical (unpaired) electrons. The van der Waals surface area contributed by atoms with Crippen LogP contribution in [0.5, 0.6) is 0 Å². The average Bonchev–Trinajstić information content (AvgIpc) is 2.89. The third kappa shape index (κ3) is 3.72. The van der Waals surface area contributed by atoms with Crippen LogP contribution in [0.2, 0.25) is 0 Å². The Kier molecular flexibility index (Phi) is 5.15. The number of benzene rings is 1. The second-order valence-corrected chi connectivity index (χ2v) is 8.87. The lowest BCUT2D eigenvalue weighted by Crippen LogP contribution is -2.48. The van der Waals surface area contributed by atoms with Gasteiger partial charge in [-0.1, -0.05) is 12.1 Å². The largest absolute Gasteiger partial charge is 0.327 e. The van der Waals surface area contributed by atoms with Crippen molar-refractivity contribution in [2.75, 3.05) is 26.2 Å². The second-order valence-electron chi connectivity index (χ2n) is 6.59. The zero-order valence-electron chi connectivity index (χ0n) is 14.8. The minimum absolute atomic E-state index is 0.422. The Morgan fingerprint density at radius 1 is 1.08 bits per heavy atom. The second kappa shape index (κ2) is 7.03. The first-order chi connectivity index (χ1) is 11.8. The number of nitrogens with zero attached hydrogens (tertiary/aromatic N) is 4. The van der Waals surface area contributed by atoms with Gasteiger partial charge in [0.1, 0.15) is 0 Å². The molecule has 1 aliphatic heterocycles. The van der Waals surface area contributed by atoms with Gasteiger partial charge in [-0.15, -0.1) is 0 Å². The lowest BCUT2D eigenvalue weighted by Gasteiger charge is -2.34. The zero-order valence-corrected chi connectivity index (χ0v) is 16.5. The van der Waals surface area contributed by atoms with E-state index in [0.29, 0.717) is 37.7 Å². The summed E-state index contributed by atoms with van der Waals surface area (Å²) in [5.41, 5.74) is 1.75. The molecule has 0 aliphatic carbocycles. The van der Waals surface area contributed by atoms with Gasteiger partial charge in [0.25, 0.3) is 0 Å². The van der Waals surface area contributed by atoms with Gasteiger partial charge in [-0.25, -0.2) is 8.42 Å². The molecule has 0 saturated carbocycles. The van der Waals surface area contributed by atoms with Crippen molar-refractivity contribution in [1.82, 2.24) is 18.3 Å². The lowest BCUT2D eigenvalue weighted by atomic mass is 10.2. The van der Waals surface area contributed by atoms with E-state index in [-0.39, 0.29) is 0 Å². The normalized spacial score (nSPS) is 17.1. The monoisotopic (exact) mass is 380 g/mol. The Morgan fingerprint density at radius 2 is 1.76 bits per heavy atom. The summed E-state index contributed by atoms with van der Waals surface area (Å²) in [7, 11) is -1.52. The molecule has 6 nitrogen and oxygen atoms in total. The van der Waals surface area contributed by atoms with Crippen molar-refractivity contribution in [3.8, 4) is 0 Å². The molecule has 0 amide bonds. The van der Waals surface area contributed by atoms with Crippen molar-refractivity contribution >= 4 is 22.2 Å². The fourth-order valence-electron chi connectivity index (χ4n) is 3.07. The lowest BCUT2D eigenvalue weighted by molar-refractivity contribution is 0.151. The molecule has 1 aromatic heterocycles. The van der Waals surface area contributed by atoms with Crippen molar-refractivity contribution in [1.29, 1.82) is 0 Å². The molecule has 2 aromatic rings. The van der Waals surface area contributed by atoms with Crippen molar-refractivity contribution in [3.05, 3.63) is 46.5 Å². The quantitative estimate of drug-likeness (QED) is 0.763. The van der Waals surface area contributed by atoms with Gasteiger partial charge in [-0.3, -0.25) is 4.90 Å². The minimum Gasteiger partial charge on any atom is -0.327 e. The van der Waals surface area contributed by atoms with Crippen molar-refractivity contribution in [2.45, 2.75) is 25.4 Å². The highest BCUT2D eigenvalue weighted by Gasteiger charge is 2.29. The van der Waals surface area contributed by atoms with E-state index >= 15 is 0 Å². The van der Waals surface area contributed by atoms with E-state index in [0.717, 1.165) is 15.9 Å². The van der Waals surface area contributed by atoms with Crippen LogP contribution in [0, 0.1) is 18.6 Å². The summed E-state index contributed by atoms with van der Waals surface area (Å²) >= 11 is 5.36. The Labute approximate surface area is 154 Å². The van der Waals surface area contributed by atoms with Gasteiger partial charge >= 0.3 is 0 Å². The van der Waals surface area contributed by atoms with Gasteiger partial charge in [-0.05, 0) is 43.3 Å². The summed E-state index contributed by atoms with van der Waals surface area (Å²) in [6.45, 7) is 6.84. The van der Waals surface area contributed by atoms with E-state index in [1.165, 1.54) is 0 Å². The number of aromatic nitrogens is 2. The summed E-state index contributed by atoms with van der Waals surface area (Å²) in [4.78, 5) is 2.65. The van der Waals surface area contributed by atoms with E-state index in [9.17, 15) is 8.42 Å². The van der Waals surface area contributed by atoms with Crippen LogP contribution in [0.25, 0.3) is 0 Å². The SMILES string of the molecule is Cc1ccc(C)c(S(=O)(=O)N2CCN(Cn3ccn(C)c3=S)CC2)c1. The first-order valence-corrected chi connectivity index (χ1v) is 10.2. The third-order valence-electron chi connectivity index (χ3n) is 4.66. The van der Waals surface area contributed by atoms with Crippen LogP contribution in [-0.2, 0) is 23.7 Å². The molecule has 25 heavy (non-hydrogen) atoms. The topological polar surface area (TPSA) is 50.5 Å². The fraction of sp³-hybridized carbons (Fsp3) is 0.471. The summed E-state index contributed by atoms with van der Waals surface area (Å²) < 4.78 is 32.2. The molecule has 1 aromatic carbocycles. The Hall–Kier alpha value is -1.48. The van der Waals surface area contributed by atoms with Crippen molar-refractivity contribution in [2.24, 2.45) is 7.05 Å². The minimum atomic E-state index is -3.44. The molecule has 1 aliphatic rings. The van der Waals surface area contributed by atoms with Crippen LogP contribution in [0.4, 0.5) is 0 Å². The predicted octanol–water partition coefficient (Wildman–Crippen LogP) is 2.14. The summed E-state index contributed by atoms with van der Waals surface area (Å²) in [6.07, 6.45) is 3.89. The number of sulfonamides is 1. The third-order valence-corrected chi connectivity index (χ3v) is 7.23. The smallest absolute Gasteiger partial charge is 0.243 e. The average molecular weight is 381 g/mol. The maximum Gasteiger partial charge on any atom is 0.243 e. The highest BCUT2D eigenvalue weighted by atomic mass is 32.2. The van der Waals surface area contributed by atoms with Gasteiger partial charge < -0.3 is 9.13 Å². The zero-order chi connectivity index (χ0) is 18.2. The number of hydrogen-bond donors (Lipinski definition) is 0. The number of piperazine rings is 1. The van der Waals surface area contributed by atoms with Crippen LogP contribution in [-0.4, -0.2) is 52.9 Å². The van der Waals surface area contributed by atoms with Crippen molar-refractivity contribution in [3.63, 3.8) is 0 Å². The molecule has 8 heteroatoms. The Balaban J connectivity index is 1.70. The number of hydrogen-bond acceptors (Lipinski definition) is 4. The van der Waals surface area contributed by atoms with E-state index in [1.807, 2.05) is 54.6 Å². The van der Waals surface area contributed by atoms with Crippen molar-refractivity contribution < 1.29 is 8.42 Å². The predicted molar refractivity (Wildman–Crippen MR) is 100 cm³/mol. The first-order valence-electron chi connectivity index (χ1n) is 8.30. The maximum atomic E-state index is 13.0. The molecule has 1 fully saturated rings. The summed E-state index contributed by atoms with van der Waals surface area (Å²) in [5.74, 6) is 0. The van der Waals surface area contributed by atoms with Crippen LogP contribution in [0.15, 0.2) is 35.5 Å². The van der Waals surface area contributed by atoms with Gasteiger partial charge in [-0.2, -0.15) is 4.31 Å². The van der Waals surface area contributed by atoms with Crippen LogP contribution < -0.4 is 0 Å². The summed E-state index contributed by atoms with van der Waals surface area (Å²) in [5, 5.41) is 0. The summed E-state index contributed by atoms with van der Waals surface area (Å²) in [6, 6.07) is 5.58. The Morgan fingerprint density at radius 3 is 2.36 bits per heavy atom. The molecule has 0 atom stereocenters. The fourth-order valence-corrected chi connectivity index (χ4v) is 4.98. The number of rotatable bonds is 4. The molecule has 2 heterocycles. The van der Waals surface area contributed by atoms with E-state index in [1.54, 1.807) is 10.4 Å². The molecule has 0 spiro atoms. The van der Waals surface area contributed by atoms with E-state index in [4.69, 9.17) is 12.2 Å². The molecular formula is C17H24N4O2S2.